The summed E-state index contributed by atoms with van der Waals surface area (Å²) in [6.07, 6.45) is 6.73. The molecule has 3 nitrogen and oxygen atoms in total. The monoisotopic (exact) mass is 267 g/mol. The van der Waals surface area contributed by atoms with Crippen molar-refractivity contribution in [2.45, 2.75) is 19.4 Å². The molecule has 0 aliphatic rings. The summed E-state index contributed by atoms with van der Waals surface area (Å²) in [5.74, 6) is 3.96. The van der Waals surface area contributed by atoms with Gasteiger partial charge in [0.2, 0.25) is 0 Å². The zero-order valence-electron chi connectivity index (χ0n) is 10.8. The third kappa shape index (κ3) is 4.14. The Balaban J connectivity index is 2.87. The first-order valence-corrected chi connectivity index (χ1v) is 6.18. The Morgan fingerprint density at radius 3 is 2.83 bits per heavy atom. The molecule has 0 saturated carbocycles. The van der Waals surface area contributed by atoms with Crippen molar-refractivity contribution >= 4 is 11.6 Å². The second-order valence-electron chi connectivity index (χ2n) is 3.78. The third-order valence-electron chi connectivity index (χ3n) is 2.40. The number of halogens is 1. The summed E-state index contributed by atoms with van der Waals surface area (Å²) >= 11 is 6.03. The number of terminal acetylenes is 1. The zero-order chi connectivity index (χ0) is 13.4. The number of hydrogen-bond donors (Lipinski definition) is 1. The standard InChI is InChI=1S/C14H18ClNO2/c1-4-5-6-7-18-14-11(10-16-2)8-12(15)9-13(14)17-3/h1,8-9,16H,5-7,10H2,2-3H3. The van der Waals surface area contributed by atoms with Gasteiger partial charge in [-0.2, -0.15) is 0 Å². The lowest BCUT2D eigenvalue weighted by atomic mass is 10.2. The summed E-state index contributed by atoms with van der Waals surface area (Å²) < 4.78 is 11.0. The van der Waals surface area contributed by atoms with Crippen LogP contribution in [-0.2, 0) is 6.54 Å². The van der Waals surface area contributed by atoms with Gasteiger partial charge in [0, 0.05) is 29.6 Å². The van der Waals surface area contributed by atoms with E-state index < -0.39 is 0 Å². The van der Waals surface area contributed by atoms with Crippen molar-refractivity contribution in [1.29, 1.82) is 0 Å². The fourth-order valence-electron chi connectivity index (χ4n) is 1.61. The molecule has 4 heteroatoms. The van der Waals surface area contributed by atoms with Gasteiger partial charge >= 0.3 is 0 Å². The quantitative estimate of drug-likeness (QED) is 0.609. The van der Waals surface area contributed by atoms with Crippen LogP contribution in [0.25, 0.3) is 0 Å². The number of benzene rings is 1. The van der Waals surface area contributed by atoms with Crippen molar-refractivity contribution in [3.8, 4) is 23.8 Å². The number of nitrogens with one attached hydrogen (secondary N) is 1. The first-order chi connectivity index (χ1) is 8.72. The van der Waals surface area contributed by atoms with E-state index in [1.807, 2.05) is 13.1 Å². The molecule has 18 heavy (non-hydrogen) atoms. The molecule has 98 valence electrons. The van der Waals surface area contributed by atoms with E-state index in [1.54, 1.807) is 13.2 Å². The van der Waals surface area contributed by atoms with E-state index in [0.29, 0.717) is 30.3 Å². The summed E-state index contributed by atoms with van der Waals surface area (Å²) in [5, 5.41) is 3.71. The Morgan fingerprint density at radius 2 is 2.22 bits per heavy atom. The molecule has 1 aromatic rings. The Labute approximate surface area is 113 Å². The van der Waals surface area contributed by atoms with E-state index in [-0.39, 0.29) is 0 Å². The van der Waals surface area contributed by atoms with Gasteiger partial charge in [0.05, 0.1) is 13.7 Å². The molecule has 1 rings (SSSR count). The van der Waals surface area contributed by atoms with Crippen molar-refractivity contribution in [3.63, 3.8) is 0 Å². The van der Waals surface area contributed by atoms with E-state index in [0.717, 1.165) is 17.7 Å². The lowest BCUT2D eigenvalue weighted by Gasteiger charge is -2.15. The van der Waals surface area contributed by atoms with Gasteiger partial charge in [0.1, 0.15) is 0 Å². The Kier molecular flexibility index (Phi) is 6.42. The van der Waals surface area contributed by atoms with Crippen molar-refractivity contribution in [2.75, 3.05) is 20.8 Å². The predicted octanol–water partition coefficient (Wildman–Crippen LogP) is 2.86. The van der Waals surface area contributed by atoms with E-state index in [1.165, 1.54) is 0 Å². The molecule has 0 radical (unpaired) electrons. The first-order valence-electron chi connectivity index (χ1n) is 5.80. The molecular formula is C14H18ClNO2. The number of methoxy groups -OCH3 is 1. The molecule has 0 aromatic heterocycles. The van der Waals surface area contributed by atoms with Gasteiger partial charge < -0.3 is 14.8 Å². The molecule has 0 aliphatic heterocycles. The van der Waals surface area contributed by atoms with E-state index >= 15 is 0 Å². The molecule has 0 bridgehead atoms. The molecule has 1 N–H and O–H groups in total. The summed E-state index contributed by atoms with van der Waals surface area (Å²) in [4.78, 5) is 0. The van der Waals surface area contributed by atoms with Gasteiger partial charge in [-0.15, -0.1) is 12.3 Å². The number of ether oxygens (including phenoxy) is 2. The highest BCUT2D eigenvalue weighted by molar-refractivity contribution is 6.30. The van der Waals surface area contributed by atoms with Crippen molar-refractivity contribution in [3.05, 3.63) is 22.7 Å². The average Bonchev–Trinajstić information content (AvgIpc) is 2.36. The van der Waals surface area contributed by atoms with Gasteiger partial charge in [-0.1, -0.05) is 11.6 Å². The summed E-state index contributed by atoms with van der Waals surface area (Å²) in [5.41, 5.74) is 0.975. The Hall–Kier alpha value is -1.37. The molecule has 0 unspecified atom stereocenters. The van der Waals surface area contributed by atoms with E-state index in [2.05, 4.69) is 11.2 Å². The average molecular weight is 268 g/mol. The number of rotatable bonds is 7. The molecule has 0 fully saturated rings. The minimum atomic E-state index is 0.568. The fourth-order valence-corrected chi connectivity index (χ4v) is 1.84. The van der Waals surface area contributed by atoms with Crippen LogP contribution in [0, 0.1) is 12.3 Å². The molecule has 1 aromatic carbocycles. The van der Waals surface area contributed by atoms with Crippen LogP contribution in [0.15, 0.2) is 12.1 Å². The van der Waals surface area contributed by atoms with Crippen molar-refractivity contribution in [1.82, 2.24) is 5.32 Å². The molecule has 0 heterocycles. The maximum Gasteiger partial charge on any atom is 0.165 e. The highest BCUT2D eigenvalue weighted by Gasteiger charge is 2.12. The molecule has 0 spiro atoms. The van der Waals surface area contributed by atoms with Crippen LogP contribution >= 0.6 is 11.6 Å². The van der Waals surface area contributed by atoms with Gasteiger partial charge in [0.15, 0.2) is 11.5 Å². The van der Waals surface area contributed by atoms with Crippen molar-refractivity contribution < 1.29 is 9.47 Å². The van der Waals surface area contributed by atoms with Crippen LogP contribution in [0.1, 0.15) is 18.4 Å². The zero-order valence-corrected chi connectivity index (χ0v) is 11.5. The SMILES string of the molecule is C#CCCCOc1c(CNC)cc(Cl)cc1OC. The van der Waals surface area contributed by atoms with Gasteiger partial charge in [-0.3, -0.25) is 0 Å². The van der Waals surface area contributed by atoms with Gasteiger partial charge in [-0.05, 0) is 19.5 Å². The van der Waals surface area contributed by atoms with Crippen LogP contribution in [0.4, 0.5) is 0 Å². The molecule has 0 saturated heterocycles. The fraction of sp³-hybridized carbons (Fsp3) is 0.429. The lowest BCUT2D eigenvalue weighted by molar-refractivity contribution is 0.287. The molecule has 0 amide bonds. The minimum Gasteiger partial charge on any atom is -0.493 e. The van der Waals surface area contributed by atoms with E-state index in [4.69, 9.17) is 27.5 Å². The van der Waals surface area contributed by atoms with Crippen LogP contribution in [0.5, 0.6) is 11.5 Å². The maximum absolute atomic E-state index is 6.03. The van der Waals surface area contributed by atoms with Crippen molar-refractivity contribution in [2.24, 2.45) is 0 Å². The second kappa shape index (κ2) is 7.86. The highest BCUT2D eigenvalue weighted by Crippen LogP contribution is 2.34. The molecular weight excluding hydrogens is 250 g/mol. The number of unbranched alkanes of at least 4 members (excludes halogenated alkanes) is 1. The summed E-state index contributed by atoms with van der Waals surface area (Å²) in [6, 6.07) is 3.62. The Bertz CT molecular complexity index is 427. The predicted molar refractivity (Wildman–Crippen MR) is 74.3 cm³/mol. The second-order valence-corrected chi connectivity index (χ2v) is 4.22. The largest absolute Gasteiger partial charge is 0.493 e. The van der Waals surface area contributed by atoms with Crippen LogP contribution in [0.3, 0.4) is 0 Å². The van der Waals surface area contributed by atoms with Crippen LogP contribution in [0.2, 0.25) is 5.02 Å². The maximum atomic E-state index is 6.03. The molecule has 0 aliphatic carbocycles. The number of hydrogen-bond acceptors (Lipinski definition) is 3. The van der Waals surface area contributed by atoms with Crippen LogP contribution < -0.4 is 14.8 Å². The highest BCUT2D eigenvalue weighted by atomic mass is 35.5. The normalized spacial score (nSPS) is 9.89. The van der Waals surface area contributed by atoms with Crippen LogP contribution in [-0.4, -0.2) is 20.8 Å². The first kappa shape index (κ1) is 14.7. The summed E-state index contributed by atoms with van der Waals surface area (Å²) in [6.45, 7) is 1.24. The van der Waals surface area contributed by atoms with E-state index in [9.17, 15) is 0 Å². The van der Waals surface area contributed by atoms with Gasteiger partial charge in [-0.25, -0.2) is 0 Å². The summed E-state index contributed by atoms with van der Waals surface area (Å²) in [7, 11) is 3.47. The third-order valence-corrected chi connectivity index (χ3v) is 2.61. The minimum absolute atomic E-state index is 0.568. The smallest absolute Gasteiger partial charge is 0.165 e. The topological polar surface area (TPSA) is 30.5 Å². The Morgan fingerprint density at radius 1 is 1.44 bits per heavy atom. The lowest BCUT2D eigenvalue weighted by Crippen LogP contribution is -2.09. The van der Waals surface area contributed by atoms with Gasteiger partial charge in [0.25, 0.3) is 0 Å². The molecule has 0 atom stereocenters.